The van der Waals surface area contributed by atoms with Crippen molar-refractivity contribution < 1.29 is 8.42 Å². The van der Waals surface area contributed by atoms with Gasteiger partial charge in [-0.2, -0.15) is 0 Å². The summed E-state index contributed by atoms with van der Waals surface area (Å²) in [6.45, 7) is 1.93. The fourth-order valence-corrected chi connectivity index (χ4v) is 4.14. The lowest BCUT2D eigenvalue weighted by Crippen LogP contribution is -2.06. The number of benzene rings is 2. The molecule has 0 N–H and O–H groups in total. The smallest absolute Gasteiger partial charge is 0.182 e. The molecule has 0 unspecified atom stereocenters. The fourth-order valence-electron chi connectivity index (χ4n) is 1.89. The molecule has 2 rings (SSSR count). The van der Waals surface area contributed by atoms with Crippen molar-refractivity contribution in [1.82, 2.24) is 0 Å². The second-order valence-electron chi connectivity index (χ2n) is 4.53. The first-order valence-electron chi connectivity index (χ1n) is 6.04. The van der Waals surface area contributed by atoms with Gasteiger partial charge in [-0.25, -0.2) is 8.42 Å². The number of hydrogen-bond acceptors (Lipinski definition) is 3. The number of aryl methyl sites for hydroxylation is 1. The van der Waals surface area contributed by atoms with Gasteiger partial charge in [0.25, 0.3) is 0 Å². The molecule has 0 heterocycles. The Morgan fingerprint density at radius 3 is 2.35 bits per heavy atom. The van der Waals surface area contributed by atoms with Crippen LogP contribution in [0.15, 0.2) is 52.3 Å². The van der Waals surface area contributed by atoms with Crippen LogP contribution in [-0.4, -0.2) is 14.7 Å². The van der Waals surface area contributed by atoms with Crippen molar-refractivity contribution in [3.8, 4) is 0 Å². The lowest BCUT2D eigenvalue weighted by Gasteiger charge is -2.09. The molecule has 0 aliphatic heterocycles. The van der Waals surface area contributed by atoms with E-state index in [1.54, 1.807) is 36.4 Å². The van der Waals surface area contributed by atoms with Crippen molar-refractivity contribution in [2.24, 2.45) is 0 Å². The Hall–Kier alpha value is -0.970. The summed E-state index contributed by atoms with van der Waals surface area (Å²) in [4.78, 5) is 1.28. The molecule has 20 heavy (non-hydrogen) atoms. The van der Waals surface area contributed by atoms with Gasteiger partial charge >= 0.3 is 0 Å². The van der Waals surface area contributed by atoms with Crippen LogP contribution in [0.3, 0.4) is 0 Å². The molecule has 106 valence electrons. The van der Waals surface area contributed by atoms with Crippen LogP contribution in [0.1, 0.15) is 11.1 Å². The van der Waals surface area contributed by atoms with Crippen LogP contribution in [0.4, 0.5) is 0 Å². The van der Waals surface area contributed by atoms with Crippen LogP contribution >= 0.6 is 23.4 Å². The van der Waals surface area contributed by atoms with Crippen molar-refractivity contribution in [3.05, 3.63) is 58.6 Å². The van der Waals surface area contributed by atoms with E-state index in [4.69, 9.17) is 11.6 Å². The second-order valence-corrected chi connectivity index (χ2v) is 7.80. The van der Waals surface area contributed by atoms with Crippen molar-refractivity contribution in [2.75, 3.05) is 6.26 Å². The zero-order chi connectivity index (χ0) is 14.8. The summed E-state index contributed by atoms with van der Waals surface area (Å²) >= 11 is 7.48. The van der Waals surface area contributed by atoms with Gasteiger partial charge in [0.15, 0.2) is 9.84 Å². The molecule has 0 aliphatic carbocycles. The monoisotopic (exact) mass is 326 g/mol. The Morgan fingerprint density at radius 2 is 1.75 bits per heavy atom. The Morgan fingerprint density at radius 1 is 1.10 bits per heavy atom. The zero-order valence-electron chi connectivity index (χ0n) is 11.3. The first-order chi connectivity index (χ1) is 9.42. The van der Waals surface area contributed by atoms with E-state index in [2.05, 4.69) is 0 Å². The maximum atomic E-state index is 12.4. The third kappa shape index (κ3) is 3.57. The van der Waals surface area contributed by atoms with E-state index in [0.717, 1.165) is 16.0 Å². The Labute approximate surface area is 129 Å². The molecule has 0 saturated heterocycles. The maximum Gasteiger partial charge on any atom is 0.182 e. The molecule has 2 aromatic rings. The van der Waals surface area contributed by atoms with E-state index in [9.17, 15) is 8.42 Å². The maximum absolute atomic E-state index is 12.4. The standard InChI is InChI=1S/C15H15ClO2S2/c1-11-3-6-14(7-4-11)20(17,18)10-12-9-13(16)5-8-15(12)19-2/h3-9H,10H2,1-2H3. The molecule has 5 heteroatoms. The Kier molecular flexibility index (Phi) is 4.78. The number of hydrogen-bond donors (Lipinski definition) is 0. The van der Waals surface area contributed by atoms with Gasteiger partial charge in [-0.15, -0.1) is 11.8 Å². The molecule has 0 fully saturated rings. The molecule has 2 nitrogen and oxygen atoms in total. The van der Waals surface area contributed by atoms with Gasteiger partial charge in [-0.05, 0) is 49.1 Å². The molecule has 0 spiro atoms. The summed E-state index contributed by atoms with van der Waals surface area (Å²) < 4.78 is 24.9. The average molecular weight is 327 g/mol. The fraction of sp³-hybridized carbons (Fsp3) is 0.200. The highest BCUT2D eigenvalue weighted by molar-refractivity contribution is 7.98. The van der Waals surface area contributed by atoms with E-state index in [0.29, 0.717) is 9.92 Å². The average Bonchev–Trinajstić information content (AvgIpc) is 2.39. The predicted molar refractivity (Wildman–Crippen MR) is 85.3 cm³/mol. The molecule has 0 radical (unpaired) electrons. The molecule has 0 atom stereocenters. The third-order valence-electron chi connectivity index (χ3n) is 2.97. The van der Waals surface area contributed by atoms with Crippen LogP contribution in [0.25, 0.3) is 0 Å². The molecule has 0 saturated carbocycles. The third-order valence-corrected chi connectivity index (χ3v) is 5.72. The minimum absolute atomic E-state index is 0.0349. The highest BCUT2D eigenvalue weighted by atomic mass is 35.5. The number of sulfone groups is 1. The summed E-state index contributed by atoms with van der Waals surface area (Å²) in [6.07, 6.45) is 1.92. The quantitative estimate of drug-likeness (QED) is 0.784. The van der Waals surface area contributed by atoms with Gasteiger partial charge in [-0.3, -0.25) is 0 Å². The highest BCUT2D eigenvalue weighted by Crippen LogP contribution is 2.27. The van der Waals surface area contributed by atoms with E-state index >= 15 is 0 Å². The summed E-state index contributed by atoms with van der Waals surface area (Å²) in [7, 11) is -3.35. The van der Waals surface area contributed by atoms with E-state index in [1.807, 2.05) is 19.2 Å². The summed E-state index contributed by atoms with van der Waals surface area (Å²) in [5.74, 6) is -0.0349. The topological polar surface area (TPSA) is 34.1 Å². The minimum Gasteiger partial charge on any atom is -0.223 e. The van der Waals surface area contributed by atoms with Gasteiger partial charge < -0.3 is 0 Å². The lowest BCUT2D eigenvalue weighted by molar-refractivity contribution is 0.595. The van der Waals surface area contributed by atoms with Crippen LogP contribution in [0.5, 0.6) is 0 Å². The zero-order valence-corrected chi connectivity index (χ0v) is 13.6. The summed E-state index contributed by atoms with van der Waals surface area (Å²) in [5.41, 5.74) is 1.78. The molecular weight excluding hydrogens is 312 g/mol. The van der Waals surface area contributed by atoms with E-state index in [1.165, 1.54) is 11.8 Å². The molecule has 0 aliphatic rings. The molecule has 0 bridgehead atoms. The SMILES string of the molecule is CSc1ccc(Cl)cc1CS(=O)(=O)c1ccc(C)cc1. The molecule has 0 aromatic heterocycles. The number of thioether (sulfide) groups is 1. The van der Waals surface area contributed by atoms with E-state index in [-0.39, 0.29) is 5.75 Å². The number of halogens is 1. The van der Waals surface area contributed by atoms with Gasteiger partial charge in [-0.1, -0.05) is 29.3 Å². The Balaban J connectivity index is 2.37. The van der Waals surface area contributed by atoms with Gasteiger partial charge in [0.05, 0.1) is 10.6 Å². The highest BCUT2D eigenvalue weighted by Gasteiger charge is 2.17. The van der Waals surface area contributed by atoms with Crippen LogP contribution in [0.2, 0.25) is 5.02 Å². The molecule has 0 amide bonds. The van der Waals surface area contributed by atoms with Crippen molar-refractivity contribution in [2.45, 2.75) is 22.5 Å². The van der Waals surface area contributed by atoms with Crippen molar-refractivity contribution in [1.29, 1.82) is 0 Å². The van der Waals surface area contributed by atoms with Crippen molar-refractivity contribution in [3.63, 3.8) is 0 Å². The van der Waals surface area contributed by atoms with Crippen LogP contribution < -0.4 is 0 Å². The first kappa shape index (κ1) is 15.4. The molecule has 2 aromatic carbocycles. The second kappa shape index (κ2) is 6.20. The molecular formula is C15H15ClO2S2. The minimum atomic E-state index is -3.35. The number of rotatable bonds is 4. The van der Waals surface area contributed by atoms with Gasteiger partial charge in [0, 0.05) is 9.92 Å². The van der Waals surface area contributed by atoms with Crippen LogP contribution in [-0.2, 0) is 15.6 Å². The normalized spacial score (nSPS) is 11.6. The predicted octanol–water partition coefficient (Wildman–Crippen LogP) is 4.34. The van der Waals surface area contributed by atoms with Crippen LogP contribution in [0, 0.1) is 6.92 Å². The summed E-state index contributed by atoms with van der Waals surface area (Å²) in [6, 6.07) is 12.3. The largest absolute Gasteiger partial charge is 0.223 e. The summed E-state index contributed by atoms with van der Waals surface area (Å²) in [5, 5.41) is 0.553. The lowest BCUT2D eigenvalue weighted by atomic mass is 10.2. The Bertz CT molecular complexity index is 707. The van der Waals surface area contributed by atoms with Gasteiger partial charge in [0.2, 0.25) is 0 Å². The van der Waals surface area contributed by atoms with Gasteiger partial charge in [0.1, 0.15) is 0 Å². The van der Waals surface area contributed by atoms with Crippen molar-refractivity contribution >= 4 is 33.2 Å². The first-order valence-corrected chi connectivity index (χ1v) is 9.30. The van der Waals surface area contributed by atoms with E-state index < -0.39 is 9.84 Å².